The highest BCUT2D eigenvalue weighted by atomic mass is 15.2. The topological polar surface area (TPSA) is 42.7 Å². The lowest BCUT2D eigenvalue weighted by Gasteiger charge is -2.23. The van der Waals surface area contributed by atoms with Gasteiger partial charge in [-0.05, 0) is 37.3 Å². The summed E-state index contributed by atoms with van der Waals surface area (Å²) in [6.07, 6.45) is 8.75. The maximum Gasteiger partial charge on any atom is 0.205 e. The van der Waals surface area contributed by atoms with Crippen LogP contribution < -0.4 is 5.32 Å². The molecule has 1 saturated carbocycles. The van der Waals surface area contributed by atoms with Gasteiger partial charge in [0.05, 0.1) is 5.52 Å². The normalized spacial score (nSPS) is 16.9. The molecule has 1 fully saturated rings. The first-order chi connectivity index (χ1) is 9.28. The van der Waals surface area contributed by atoms with Crippen LogP contribution in [0.3, 0.4) is 0 Å². The second-order valence-electron chi connectivity index (χ2n) is 5.66. The van der Waals surface area contributed by atoms with Gasteiger partial charge in [-0.3, -0.25) is 0 Å². The van der Waals surface area contributed by atoms with Crippen LogP contribution in [0, 0.1) is 12.8 Å². The number of hydrogen-bond donors (Lipinski definition) is 1. The van der Waals surface area contributed by atoms with Gasteiger partial charge in [0.25, 0.3) is 0 Å². The van der Waals surface area contributed by atoms with Crippen LogP contribution in [0.25, 0.3) is 11.2 Å². The Morgan fingerprint density at radius 1 is 1.32 bits per heavy atom. The van der Waals surface area contributed by atoms with Gasteiger partial charge in [-0.2, -0.15) is 4.98 Å². The van der Waals surface area contributed by atoms with Crippen molar-refractivity contribution in [3.05, 3.63) is 17.8 Å². The minimum absolute atomic E-state index is 0.791. The predicted molar refractivity (Wildman–Crippen MR) is 78.4 cm³/mol. The molecule has 0 bridgehead atoms. The Bertz CT molecular complexity index is 567. The van der Waals surface area contributed by atoms with Gasteiger partial charge < -0.3 is 9.88 Å². The minimum atomic E-state index is 0.791. The molecule has 1 aliphatic rings. The Balaban J connectivity index is 1.97. The van der Waals surface area contributed by atoms with Crippen molar-refractivity contribution < 1.29 is 0 Å². The van der Waals surface area contributed by atoms with E-state index in [2.05, 4.69) is 32.8 Å². The van der Waals surface area contributed by atoms with Crippen LogP contribution in [0.1, 0.15) is 37.7 Å². The number of hydrogen-bond acceptors (Lipinski definition) is 3. The molecule has 0 unspecified atom stereocenters. The first-order valence-electron chi connectivity index (χ1n) is 7.28. The molecule has 2 heterocycles. The third kappa shape index (κ3) is 2.44. The first-order valence-corrected chi connectivity index (χ1v) is 7.28. The maximum absolute atomic E-state index is 4.58. The lowest BCUT2D eigenvalue weighted by atomic mass is 9.89. The van der Waals surface area contributed by atoms with E-state index >= 15 is 0 Å². The van der Waals surface area contributed by atoms with E-state index in [0.717, 1.165) is 29.6 Å². The van der Waals surface area contributed by atoms with Gasteiger partial charge in [-0.25, -0.2) is 4.98 Å². The maximum atomic E-state index is 4.58. The second-order valence-corrected chi connectivity index (χ2v) is 5.66. The summed E-state index contributed by atoms with van der Waals surface area (Å²) in [5.41, 5.74) is 3.21. The number of fused-ring (bicyclic) bond motifs is 1. The second kappa shape index (κ2) is 5.19. The van der Waals surface area contributed by atoms with E-state index in [1.807, 2.05) is 13.2 Å². The zero-order valence-corrected chi connectivity index (χ0v) is 11.8. The van der Waals surface area contributed by atoms with Crippen LogP contribution in [0.15, 0.2) is 12.3 Å². The Kier molecular flexibility index (Phi) is 3.40. The molecule has 19 heavy (non-hydrogen) atoms. The van der Waals surface area contributed by atoms with Crippen molar-refractivity contribution in [1.82, 2.24) is 14.5 Å². The fraction of sp³-hybridized carbons (Fsp3) is 0.600. The molecule has 0 aliphatic heterocycles. The molecule has 0 radical (unpaired) electrons. The number of imidazole rings is 1. The van der Waals surface area contributed by atoms with Gasteiger partial charge >= 0.3 is 0 Å². The number of pyridine rings is 1. The van der Waals surface area contributed by atoms with Crippen molar-refractivity contribution in [2.45, 2.75) is 45.6 Å². The third-order valence-electron chi connectivity index (χ3n) is 4.13. The molecule has 2 aromatic heterocycles. The number of nitrogens with zero attached hydrogens (tertiary/aromatic N) is 3. The number of anilines is 1. The van der Waals surface area contributed by atoms with Gasteiger partial charge in [-0.15, -0.1) is 0 Å². The molecule has 4 heteroatoms. The molecule has 102 valence electrons. The molecule has 4 nitrogen and oxygen atoms in total. The fourth-order valence-electron chi connectivity index (χ4n) is 3.11. The lowest BCUT2D eigenvalue weighted by molar-refractivity contribution is 0.323. The smallest absolute Gasteiger partial charge is 0.205 e. The third-order valence-corrected chi connectivity index (χ3v) is 4.13. The van der Waals surface area contributed by atoms with Crippen molar-refractivity contribution in [2.75, 3.05) is 12.4 Å². The van der Waals surface area contributed by atoms with Gasteiger partial charge in [0, 0.05) is 19.8 Å². The summed E-state index contributed by atoms with van der Waals surface area (Å²) in [7, 11) is 1.94. The minimum Gasteiger partial charge on any atom is -0.359 e. The number of rotatable bonds is 3. The quantitative estimate of drug-likeness (QED) is 0.918. The van der Waals surface area contributed by atoms with Gasteiger partial charge in [0.2, 0.25) is 5.95 Å². The zero-order chi connectivity index (χ0) is 13.2. The Morgan fingerprint density at radius 2 is 2.11 bits per heavy atom. The molecule has 1 N–H and O–H groups in total. The Hall–Kier alpha value is -1.58. The molecule has 0 aromatic carbocycles. The highest BCUT2D eigenvalue weighted by Gasteiger charge is 2.18. The van der Waals surface area contributed by atoms with E-state index in [0.29, 0.717) is 0 Å². The van der Waals surface area contributed by atoms with Gasteiger partial charge in [0.15, 0.2) is 5.65 Å². The monoisotopic (exact) mass is 258 g/mol. The Labute approximate surface area is 114 Å². The van der Waals surface area contributed by atoms with E-state index in [-0.39, 0.29) is 0 Å². The van der Waals surface area contributed by atoms with E-state index in [1.165, 1.54) is 37.7 Å². The van der Waals surface area contributed by atoms with E-state index in [1.54, 1.807) is 0 Å². The Morgan fingerprint density at radius 3 is 2.84 bits per heavy atom. The van der Waals surface area contributed by atoms with Crippen LogP contribution in [0.5, 0.6) is 0 Å². The molecule has 1 aliphatic carbocycles. The molecule has 0 spiro atoms. The van der Waals surface area contributed by atoms with Crippen molar-refractivity contribution >= 4 is 17.1 Å². The summed E-state index contributed by atoms with van der Waals surface area (Å²) in [5.74, 6) is 1.73. The molecular weight excluding hydrogens is 236 g/mol. The fourth-order valence-corrected chi connectivity index (χ4v) is 3.11. The van der Waals surface area contributed by atoms with Crippen LogP contribution in [-0.4, -0.2) is 21.6 Å². The van der Waals surface area contributed by atoms with E-state index in [9.17, 15) is 0 Å². The summed E-state index contributed by atoms with van der Waals surface area (Å²) in [5, 5.41) is 3.21. The zero-order valence-electron chi connectivity index (χ0n) is 11.8. The van der Waals surface area contributed by atoms with E-state index < -0.39 is 0 Å². The number of aryl methyl sites for hydroxylation is 1. The number of aromatic nitrogens is 3. The van der Waals surface area contributed by atoms with E-state index in [4.69, 9.17) is 0 Å². The lowest BCUT2D eigenvalue weighted by Crippen LogP contribution is -2.15. The number of nitrogens with one attached hydrogen (secondary N) is 1. The highest BCUT2D eigenvalue weighted by Crippen LogP contribution is 2.28. The standard InChI is InChI=1S/C15H22N4/c1-11-8-13-14(17-9-11)18-15(16-2)19(13)10-12-6-4-3-5-7-12/h8-9,12H,3-7,10H2,1-2H3,(H,16,17,18). The van der Waals surface area contributed by atoms with Crippen molar-refractivity contribution in [3.63, 3.8) is 0 Å². The molecular formula is C15H22N4. The first kappa shape index (κ1) is 12.5. The van der Waals surface area contributed by atoms with Crippen LogP contribution in [0.2, 0.25) is 0 Å². The van der Waals surface area contributed by atoms with Crippen LogP contribution >= 0.6 is 0 Å². The van der Waals surface area contributed by atoms with Crippen molar-refractivity contribution in [1.29, 1.82) is 0 Å². The molecule has 3 rings (SSSR count). The van der Waals surface area contributed by atoms with Crippen LogP contribution in [0.4, 0.5) is 5.95 Å². The summed E-state index contributed by atoms with van der Waals surface area (Å²) in [6, 6.07) is 2.19. The highest BCUT2D eigenvalue weighted by molar-refractivity contribution is 5.75. The SMILES string of the molecule is CNc1nc2ncc(C)cc2n1CC1CCCCC1. The summed E-state index contributed by atoms with van der Waals surface area (Å²) in [4.78, 5) is 9.01. The molecule has 2 aromatic rings. The van der Waals surface area contributed by atoms with Crippen molar-refractivity contribution in [3.8, 4) is 0 Å². The summed E-state index contributed by atoms with van der Waals surface area (Å²) >= 11 is 0. The van der Waals surface area contributed by atoms with Gasteiger partial charge in [0.1, 0.15) is 0 Å². The average Bonchev–Trinajstić information content (AvgIpc) is 2.78. The predicted octanol–water partition coefficient (Wildman–Crippen LogP) is 3.36. The largest absolute Gasteiger partial charge is 0.359 e. The van der Waals surface area contributed by atoms with Crippen LogP contribution in [-0.2, 0) is 6.54 Å². The summed E-state index contributed by atoms with van der Waals surface area (Å²) < 4.78 is 2.31. The van der Waals surface area contributed by atoms with Gasteiger partial charge in [-0.1, -0.05) is 19.3 Å². The van der Waals surface area contributed by atoms with Crippen molar-refractivity contribution in [2.24, 2.45) is 5.92 Å². The molecule has 0 amide bonds. The average molecular weight is 258 g/mol. The molecule has 0 atom stereocenters. The summed E-state index contributed by atoms with van der Waals surface area (Å²) in [6.45, 7) is 3.15. The molecule has 0 saturated heterocycles.